The van der Waals surface area contributed by atoms with Crippen LogP contribution in [-0.2, 0) is 16.0 Å². The molecular weight excluding hydrogens is 216 g/mol. The standard InChI is InChI=1S/C13H16N2O2/c16-9-14-11-4-1-10(2-5-11)3-8-13(17)15-12-6-7-12/h1-2,4-5,9,12H,3,6-8H2,(H,14,16)(H,15,17). The number of amides is 2. The van der Waals surface area contributed by atoms with Gasteiger partial charge in [0.2, 0.25) is 12.3 Å². The average Bonchev–Trinajstić information content (AvgIpc) is 3.12. The van der Waals surface area contributed by atoms with E-state index in [1.165, 1.54) is 0 Å². The fraction of sp³-hybridized carbons (Fsp3) is 0.385. The second-order valence-corrected chi connectivity index (χ2v) is 4.30. The molecule has 0 radical (unpaired) electrons. The minimum absolute atomic E-state index is 0.127. The monoisotopic (exact) mass is 232 g/mol. The summed E-state index contributed by atoms with van der Waals surface area (Å²) in [6.07, 6.45) is 4.16. The van der Waals surface area contributed by atoms with Crippen LogP contribution in [0.2, 0.25) is 0 Å². The van der Waals surface area contributed by atoms with Gasteiger partial charge >= 0.3 is 0 Å². The second-order valence-electron chi connectivity index (χ2n) is 4.30. The number of nitrogens with one attached hydrogen (secondary N) is 2. The number of anilines is 1. The highest BCUT2D eigenvalue weighted by atomic mass is 16.1. The Morgan fingerprint density at radius 3 is 2.59 bits per heavy atom. The predicted octanol–water partition coefficient (Wildman–Crippen LogP) is 1.47. The van der Waals surface area contributed by atoms with E-state index in [1.54, 1.807) is 0 Å². The highest BCUT2D eigenvalue weighted by Gasteiger charge is 2.22. The van der Waals surface area contributed by atoms with E-state index in [9.17, 15) is 9.59 Å². The van der Waals surface area contributed by atoms with E-state index >= 15 is 0 Å². The van der Waals surface area contributed by atoms with Crippen molar-refractivity contribution in [1.29, 1.82) is 0 Å². The molecule has 1 saturated carbocycles. The van der Waals surface area contributed by atoms with E-state index in [2.05, 4.69) is 10.6 Å². The number of hydrogen-bond acceptors (Lipinski definition) is 2. The quantitative estimate of drug-likeness (QED) is 0.730. The van der Waals surface area contributed by atoms with Gasteiger partial charge in [-0.15, -0.1) is 0 Å². The molecule has 0 aliphatic heterocycles. The van der Waals surface area contributed by atoms with Gasteiger partial charge in [-0.3, -0.25) is 9.59 Å². The van der Waals surface area contributed by atoms with Crippen molar-refractivity contribution in [1.82, 2.24) is 5.32 Å². The lowest BCUT2D eigenvalue weighted by Crippen LogP contribution is -2.25. The first-order valence-electron chi connectivity index (χ1n) is 5.86. The molecule has 4 heteroatoms. The lowest BCUT2D eigenvalue weighted by Gasteiger charge is -2.04. The summed E-state index contributed by atoms with van der Waals surface area (Å²) >= 11 is 0. The van der Waals surface area contributed by atoms with Crippen LogP contribution < -0.4 is 10.6 Å². The van der Waals surface area contributed by atoms with Gasteiger partial charge in [-0.25, -0.2) is 0 Å². The molecule has 0 bridgehead atoms. The lowest BCUT2D eigenvalue weighted by atomic mass is 10.1. The van der Waals surface area contributed by atoms with Crippen LogP contribution in [0.25, 0.3) is 0 Å². The second kappa shape index (κ2) is 5.48. The largest absolute Gasteiger partial charge is 0.353 e. The van der Waals surface area contributed by atoms with Crippen molar-refractivity contribution in [2.45, 2.75) is 31.7 Å². The molecule has 0 heterocycles. The Balaban J connectivity index is 1.77. The van der Waals surface area contributed by atoms with Crippen LogP contribution in [0.3, 0.4) is 0 Å². The Morgan fingerprint density at radius 1 is 1.29 bits per heavy atom. The molecule has 0 unspecified atom stereocenters. The maximum atomic E-state index is 11.5. The summed E-state index contributed by atoms with van der Waals surface area (Å²) < 4.78 is 0. The van der Waals surface area contributed by atoms with Gasteiger partial charge in [-0.1, -0.05) is 12.1 Å². The third-order valence-electron chi connectivity index (χ3n) is 2.76. The molecule has 2 amide bonds. The predicted molar refractivity (Wildman–Crippen MR) is 65.6 cm³/mol. The third kappa shape index (κ3) is 3.90. The number of benzene rings is 1. The molecule has 0 atom stereocenters. The van der Waals surface area contributed by atoms with Crippen LogP contribution in [0.1, 0.15) is 24.8 Å². The smallest absolute Gasteiger partial charge is 0.220 e. The molecule has 1 aliphatic rings. The first kappa shape index (κ1) is 11.6. The van der Waals surface area contributed by atoms with E-state index in [0.29, 0.717) is 18.9 Å². The van der Waals surface area contributed by atoms with Crippen molar-refractivity contribution >= 4 is 18.0 Å². The zero-order valence-corrected chi connectivity index (χ0v) is 9.61. The molecular formula is C13H16N2O2. The van der Waals surface area contributed by atoms with E-state index in [-0.39, 0.29) is 5.91 Å². The zero-order chi connectivity index (χ0) is 12.1. The van der Waals surface area contributed by atoms with Crippen molar-refractivity contribution in [3.05, 3.63) is 29.8 Å². The fourth-order valence-electron chi connectivity index (χ4n) is 1.62. The van der Waals surface area contributed by atoms with E-state index in [1.807, 2.05) is 24.3 Å². The molecule has 90 valence electrons. The summed E-state index contributed by atoms with van der Waals surface area (Å²) in [7, 11) is 0. The molecule has 0 aromatic heterocycles. The van der Waals surface area contributed by atoms with Crippen LogP contribution in [0.5, 0.6) is 0 Å². The average molecular weight is 232 g/mol. The zero-order valence-electron chi connectivity index (χ0n) is 9.61. The molecule has 0 saturated heterocycles. The number of hydrogen-bond donors (Lipinski definition) is 2. The van der Waals surface area contributed by atoms with E-state index < -0.39 is 0 Å². The topological polar surface area (TPSA) is 58.2 Å². The highest BCUT2D eigenvalue weighted by Crippen LogP contribution is 2.19. The SMILES string of the molecule is O=CNc1ccc(CCC(=O)NC2CC2)cc1. The number of rotatable bonds is 6. The van der Waals surface area contributed by atoms with Gasteiger partial charge in [-0.05, 0) is 37.0 Å². The first-order chi connectivity index (χ1) is 8.28. The molecule has 17 heavy (non-hydrogen) atoms. The van der Waals surface area contributed by atoms with Crippen LogP contribution >= 0.6 is 0 Å². The van der Waals surface area contributed by atoms with Crippen LogP contribution in [0.15, 0.2) is 24.3 Å². The molecule has 4 nitrogen and oxygen atoms in total. The highest BCUT2D eigenvalue weighted by molar-refractivity contribution is 5.77. The maximum Gasteiger partial charge on any atom is 0.220 e. The van der Waals surface area contributed by atoms with Crippen molar-refractivity contribution in [3.8, 4) is 0 Å². The normalized spacial score (nSPS) is 14.1. The fourth-order valence-corrected chi connectivity index (χ4v) is 1.62. The molecule has 0 spiro atoms. The molecule has 1 fully saturated rings. The summed E-state index contributed by atoms with van der Waals surface area (Å²) in [5, 5.41) is 5.53. The van der Waals surface area contributed by atoms with E-state index in [4.69, 9.17) is 0 Å². The van der Waals surface area contributed by atoms with Crippen LogP contribution in [0.4, 0.5) is 5.69 Å². The number of aryl methyl sites for hydroxylation is 1. The lowest BCUT2D eigenvalue weighted by molar-refractivity contribution is -0.121. The summed E-state index contributed by atoms with van der Waals surface area (Å²) in [6, 6.07) is 7.96. The van der Waals surface area contributed by atoms with Gasteiger partial charge in [0.05, 0.1) is 0 Å². The van der Waals surface area contributed by atoms with E-state index in [0.717, 1.165) is 30.5 Å². The Hall–Kier alpha value is -1.84. The van der Waals surface area contributed by atoms with Crippen molar-refractivity contribution in [3.63, 3.8) is 0 Å². The Labute approximate surface area is 100 Å². The summed E-state index contributed by atoms with van der Waals surface area (Å²) in [5.74, 6) is 0.127. The van der Waals surface area contributed by atoms with Gasteiger partial charge < -0.3 is 10.6 Å². The van der Waals surface area contributed by atoms with Gasteiger partial charge in [0, 0.05) is 18.2 Å². The number of carbonyl (C=O) groups excluding carboxylic acids is 2. The number of carbonyl (C=O) groups is 2. The maximum absolute atomic E-state index is 11.5. The van der Waals surface area contributed by atoms with Crippen molar-refractivity contribution in [2.75, 3.05) is 5.32 Å². The van der Waals surface area contributed by atoms with Crippen molar-refractivity contribution in [2.24, 2.45) is 0 Å². The Bertz CT molecular complexity index is 396. The third-order valence-corrected chi connectivity index (χ3v) is 2.76. The molecule has 1 aromatic carbocycles. The molecule has 2 N–H and O–H groups in total. The summed E-state index contributed by atoms with van der Waals surface area (Å²) in [4.78, 5) is 21.7. The van der Waals surface area contributed by atoms with Crippen LogP contribution in [0, 0.1) is 0 Å². The minimum Gasteiger partial charge on any atom is -0.353 e. The van der Waals surface area contributed by atoms with Gasteiger partial charge in [0.15, 0.2) is 0 Å². The first-order valence-corrected chi connectivity index (χ1v) is 5.86. The molecule has 2 rings (SSSR count). The Kier molecular flexibility index (Phi) is 3.75. The summed E-state index contributed by atoms with van der Waals surface area (Å²) in [6.45, 7) is 0. The van der Waals surface area contributed by atoms with Crippen LogP contribution in [-0.4, -0.2) is 18.4 Å². The Morgan fingerprint density at radius 2 is 2.00 bits per heavy atom. The minimum atomic E-state index is 0.127. The van der Waals surface area contributed by atoms with Gasteiger partial charge in [0.25, 0.3) is 0 Å². The molecule has 1 aliphatic carbocycles. The van der Waals surface area contributed by atoms with Gasteiger partial charge in [0.1, 0.15) is 0 Å². The van der Waals surface area contributed by atoms with Crippen molar-refractivity contribution < 1.29 is 9.59 Å². The van der Waals surface area contributed by atoms with Gasteiger partial charge in [-0.2, -0.15) is 0 Å². The molecule has 1 aromatic rings. The summed E-state index contributed by atoms with van der Waals surface area (Å²) in [5.41, 5.74) is 1.87.